The number of anilines is 1. The van der Waals surface area contributed by atoms with E-state index in [2.05, 4.69) is 10.6 Å². The summed E-state index contributed by atoms with van der Waals surface area (Å²) < 4.78 is 0. The minimum Gasteiger partial charge on any atom is -0.370 e. The number of hydrogen-bond acceptors (Lipinski definition) is 5. The molecular weight excluding hydrogens is 432 g/mol. The number of fused-ring (bicyclic) bond motifs is 4. The quantitative estimate of drug-likeness (QED) is 0.541. The summed E-state index contributed by atoms with van der Waals surface area (Å²) in [5, 5.41) is 6.33. The van der Waals surface area contributed by atoms with Gasteiger partial charge in [0.05, 0.1) is 11.8 Å². The minimum atomic E-state index is -1.35. The first-order valence-corrected chi connectivity index (χ1v) is 11.8. The lowest BCUT2D eigenvalue weighted by Crippen LogP contribution is -2.53. The van der Waals surface area contributed by atoms with Gasteiger partial charge in [-0.15, -0.1) is 0 Å². The first-order chi connectivity index (χ1) is 16.4. The Morgan fingerprint density at radius 3 is 2.53 bits per heavy atom. The van der Waals surface area contributed by atoms with E-state index in [4.69, 9.17) is 5.73 Å². The molecule has 0 radical (unpaired) electrons. The van der Waals surface area contributed by atoms with Gasteiger partial charge in [-0.05, 0) is 30.4 Å². The Hall–Kier alpha value is -3.52. The van der Waals surface area contributed by atoms with Crippen LogP contribution < -0.4 is 16.4 Å². The van der Waals surface area contributed by atoms with Crippen LogP contribution >= 0.6 is 0 Å². The Bertz CT molecular complexity index is 1180. The first-order valence-electron chi connectivity index (χ1n) is 11.8. The number of rotatable bonds is 7. The molecule has 0 saturated carbocycles. The molecule has 0 aromatic heterocycles. The average Bonchev–Trinajstić information content (AvgIpc) is 3.41. The maximum Gasteiger partial charge on any atom is 0.250 e. The van der Waals surface area contributed by atoms with Crippen LogP contribution in [0.25, 0.3) is 0 Å². The SMILES string of the molecule is CCc1cccc2c1NC(=O)[C@@]21N[C@H](CCC(N)=O)[C@H]2C(=O)N(CCc3ccccc3)C(=O)[C@H]21. The third-order valence-electron chi connectivity index (χ3n) is 7.48. The third-order valence-corrected chi connectivity index (χ3v) is 7.48. The standard InChI is InChI=1S/C26H28N4O4/c1-2-16-9-6-10-17-22(16)28-25(34)26(17)21-20(18(29-26)11-12-19(27)31)23(32)30(24(21)33)14-13-15-7-4-3-5-8-15/h3-10,18,20-21,29H,2,11-14H2,1H3,(H2,27,31)(H,28,34)/t18-,20-,21+,26-/m1/s1. The number of nitrogens with one attached hydrogen (secondary N) is 2. The molecule has 4 atom stereocenters. The van der Waals surface area contributed by atoms with Crippen LogP contribution in [0.3, 0.4) is 0 Å². The fourth-order valence-corrected chi connectivity index (χ4v) is 5.90. The third kappa shape index (κ3) is 3.24. The van der Waals surface area contributed by atoms with Gasteiger partial charge in [0.15, 0.2) is 0 Å². The summed E-state index contributed by atoms with van der Waals surface area (Å²) in [5.41, 5.74) is 7.44. The van der Waals surface area contributed by atoms with Crippen LogP contribution in [0.2, 0.25) is 0 Å². The highest BCUT2D eigenvalue weighted by Gasteiger charge is 2.70. The summed E-state index contributed by atoms with van der Waals surface area (Å²) in [7, 11) is 0. The van der Waals surface area contributed by atoms with E-state index < -0.39 is 29.3 Å². The molecule has 176 valence electrons. The molecule has 0 bridgehead atoms. The van der Waals surface area contributed by atoms with Crippen LogP contribution in [-0.2, 0) is 37.6 Å². The molecule has 2 aromatic rings. The number of para-hydroxylation sites is 1. The number of primary amides is 1. The lowest BCUT2D eigenvalue weighted by molar-refractivity contribution is -0.142. The second-order valence-electron chi connectivity index (χ2n) is 9.28. The van der Waals surface area contributed by atoms with Gasteiger partial charge in [0.1, 0.15) is 5.54 Å². The molecule has 3 aliphatic rings. The number of likely N-dealkylation sites (tertiary alicyclic amines) is 1. The van der Waals surface area contributed by atoms with Crippen molar-refractivity contribution in [1.29, 1.82) is 0 Å². The van der Waals surface area contributed by atoms with E-state index >= 15 is 0 Å². The van der Waals surface area contributed by atoms with Crippen LogP contribution in [0.4, 0.5) is 5.69 Å². The van der Waals surface area contributed by atoms with Crippen molar-refractivity contribution in [3.63, 3.8) is 0 Å². The maximum atomic E-state index is 13.8. The lowest BCUT2D eigenvalue weighted by atomic mass is 9.76. The Labute approximate surface area is 197 Å². The van der Waals surface area contributed by atoms with Crippen LogP contribution in [0.15, 0.2) is 48.5 Å². The van der Waals surface area contributed by atoms with Crippen molar-refractivity contribution in [1.82, 2.24) is 10.2 Å². The van der Waals surface area contributed by atoms with Gasteiger partial charge in [-0.3, -0.25) is 29.4 Å². The molecule has 3 aliphatic heterocycles. The number of imide groups is 1. The molecule has 0 aliphatic carbocycles. The molecule has 0 unspecified atom stereocenters. The first kappa shape index (κ1) is 22.3. The summed E-state index contributed by atoms with van der Waals surface area (Å²) in [4.78, 5) is 53.7. The average molecular weight is 461 g/mol. The van der Waals surface area contributed by atoms with Gasteiger partial charge in [0, 0.05) is 30.3 Å². The van der Waals surface area contributed by atoms with E-state index in [1.807, 2.05) is 55.5 Å². The van der Waals surface area contributed by atoms with Crippen LogP contribution in [0.5, 0.6) is 0 Å². The van der Waals surface area contributed by atoms with Crippen molar-refractivity contribution in [2.75, 3.05) is 11.9 Å². The molecule has 4 amide bonds. The summed E-state index contributed by atoms with van der Waals surface area (Å²) in [6, 6.07) is 14.8. The molecule has 3 heterocycles. The van der Waals surface area contributed by atoms with Crippen LogP contribution in [-0.4, -0.2) is 41.1 Å². The topological polar surface area (TPSA) is 122 Å². The van der Waals surface area contributed by atoms with E-state index in [9.17, 15) is 19.2 Å². The maximum absolute atomic E-state index is 13.8. The zero-order valence-electron chi connectivity index (χ0n) is 19.0. The molecule has 2 saturated heterocycles. The van der Waals surface area contributed by atoms with Crippen LogP contribution in [0, 0.1) is 11.8 Å². The molecule has 2 fully saturated rings. The number of amides is 4. The lowest BCUT2D eigenvalue weighted by Gasteiger charge is -2.29. The molecule has 34 heavy (non-hydrogen) atoms. The monoisotopic (exact) mass is 460 g/mol. The van der Waals surface area contributed by atoms with Gasteiger partial charge < -0.3 is 11.1 Å². The molecule has 2 aromatic carbocycles. The van der Waals surface area contributed by atoms with Crippen LogP contribution in [0.1, 0.15) is 36.5 Å². The second-order valence-corrected chi connectivity index (χ2v) is 9.28. The summed E-state index contributed by atoms with van der Waals surface area (Å²) in [6.07, 6.45) is 1.59. The summed E-state index contributed by atoms with van der Waals surface area (Å²) >= 11 is 0. The highest BCUT2D eigenvalue weighted by Crippen LogP contribution is 2.54. The van der Waals surface area contributed by atoms with Gasteiger partial charge in [0.25, 0.3) is 0 Å². The van der Waals surface area contributed by atoms with Crippen molar-refractivity contribution in [3.05, 3.63) is 65.2 Å². The number of carbonyl (C=O) groups is 4. The zero-order valence-corrected chi connectivity index (χ0v) is 19.0. The van der Waals surface area contributed by atoms with Gasteiger partial charge in [-0.25, -0.2) is 0 Å². The van der Waals surface area contributed by atoms with Crippen molar-refractivity contribution < 1.29 is 19.2 Å². The highest BCUT2D eigenvalue weighted by atomic mass is 16.2. The van der Waals surface area contributed by atoms with Gasteiger partial charge >= 0.3 is 0 Å². The van der Waals surface area contributed by atoms with Crippen molar-refractivity contribution in [2.24, 2.45) is 17.6 Å². The smallest absolute Gasteiger partial charge is 0.250 e. The Balaban J connectivity index is 1.54. The molecule has 4 N–H and O–H groups in total. The van der Waals surface area contributed by atoms with Crippen molar-refractivity contribution in [3.8, 4) is 0 Å². The number of benzene rings is 2. The number of nitrogens with two attached hydrogens (primary N) is 1. The molecule has 5 rings (SSSR count). The van der Waals surface area contributed by atoms with Gasteiger partial charge in [-0.2, -0.15) is 0 Å². The fourth-order valence-electron chi connectivity index (χ4n) is 5.90. The van der Waals surface area contributed by atoms with Gasteiger partial charge in [-0.1, -0.05) is 55.5 Å². The second kappa shape index (κ2) is 8.36. The molecule has 8 nitrogen and oxygen atoms in total. The van der Waals surface area contributed by atoms with E-state index in [1.165, 1.54) is 4.90 Å². The molecule has 8 heteroatoms. The predicted octanol–water partition coefficient (Wildman–Crippen LogP) is 1.48. The number of nitrogens with zero attached hydrogens (tertiary/aromatic N) is 1. The Morgan fingerprint density at radius 2 is 1.82 bits per heavy atom. The Morgan fingerprint density at radius 1 is 1.06 bits per heavy atom. The Kier molecular flexibility index (Phi) is 5.48. The number of carbonyl (C=O) groups excluding carboxylic acids is 4. The van der Waals surface area contributed by atoms with E-state index in [1.54, 1.807) is 0 Å². The highest BCUT2D eigenvalue weighted by molar-refractivity contribution is 6.15. The van der Waals surface area contributed by atoms with E-state index in [-0.39, 0.29) is 37.1 Å². The molecular formula is C26H28N4O4. The summed E-state index contributed by atoms with van der Waals surface area (Å²) in [6.45, 7) is 2.25. The number of hydrogen-bond donors (Lipinski definition) is 3. The fraction of sp³-hybridized carbons (Fsp3) is 0.385. The van der Waals surface area contributed by atoms with E-state index in [0.717, 1.165) is 17.5 Å². The van der Waals surface area contributed by atoms with Crippen molar-refractivity contribution >= 4 is 29.3 Å². The number of aryl methyl sites for hydroxylation is 1. The largest absolute Gasteiger partial charge is 0.370 e. The molecule has 1 spiro atoms. The van der Waals surface area contributed by atoms with E-state index in [0.29, 0.717) is 17.7 Å². The zero-order chi connectivity index (χ0) is 24.0. The van der Waals surface area contributed by atoms with Crippen molar-refractivity contribution in [2.45, 2.75) is 44.2 Å². The van der Waals surface area contributed by atoms with Gasteiger partial charge in [0.2, 0.25) is 23.6 Å². The summed E-state index contributed by atoms with van der Waals surface area (Å²) in [5.74, 6) is -3.05. The normalized spacial score (nSPS) is 27.3. The minimum absolute atomic E-state index is 0.0614. The predicted molar refractivity (Wildman–Crippen MR) is 125 cm³/mol.